The third-order valence-electron chi connectivity index (χ3n) is 4.22. The van der Waals surface area contributed by atoms with Crippen LogP contribution in [0.15, 0.2) is 12.2 Å². The molecule has 0 radical (unpaired) electrons. The fourth-order valence-electron chi connectivity index (χ4n) is 3.08. The molecule has 2 heterocycles. The number of carbonyl (C=O) groups excluding carboxylic acids is 2. The van der Waals surface area contributed by atoms with Crippen molar-refractivity contribution in [2.75, 3.05) is 26.2 Å². The van der Waals surface area contributed by atoms with Gasteiger partial charge in [0.15, 0.2) is 0 Å². The monoisotopic (exact) mass is 309 g/mol. The van der Waals surface area contributed by atoms with E-state index in [1.807, 2.05) is 6.92 Å². The predicted molar refractivity (Wildman–Crippen MR) is 80.3 cm³/mol. The first kappa shape index (κ1) is 16.5. The molecule has 2 N–H and O–H groups in total. The number of nitrogens with zero attached hydrogens (tertiary/aromatic N) is 2. The molecule has 0 aromatic carbocycles. The minimum atomic E-state index is -0.921. The highest BCUT2D eigenvalue weighted by molar-refractivity contribution is 6.07. The van der Waals surface area contributed by atoms with E-state index in [-0.39, 0.29) is 25.3 Å². The maximum atomic E-state index is 12.6. The molecule has 0 unspecified atom stereocenters. The van der Waals surface area contributed by atoms with Gasteiger partial charge in [0.05, 0.1) is 0 Å². The van der Waals surface area contributed by atoms with E-state index >= 15 is 0 Å². The Hall–Kier alpha value is -1.89. The highest BCUT2D eigenvalue weighted by Gasteiger charge is 2.51. The van der Waals surface area contributed by atoms with Crippen LogP contribution in [0.25, 0.3) is 0 Å². The lowest BCUT2D eigenvalue weighted by molar-refractivity contribution is -0.138. The zero-order valence-electron chi connectivity index (χ0n) is 12.9. The number of amides is 3. The molecular weight excluding hydrogens is 286 g/mol. The molecule has 2 fully saturated rings. The smallest absolute Gasteiger partial charge is 0.325 e. The highest BCUT2D eigenvalue weighted by Crippen LogP contribution is 2.29. The Kier molecular flexibility index (Phi) is 4.85. The van der Waals surface area contributed by atoms with Crippen molar-refractivity contribution in [3.63, 3.8) is 0 Å². The summed E-state index contributed by atoms with van der Waals surface area (Å²) in [4.78, 5) is 38.5. The molecule has 0 aromatic heterocycles. The van der Waals surface area contributed by atoms with Crippen LogP contribution < -0.4 is 5.32 Å². The van der Waals surface area contributed by atoms with E-state index in [1.54, 1.807) is 0 Å². The van der Waals surface area contributed by atoms with Gasteiger partial charge in [0, 0.05) is 32.6 Å². The quantitative estimate of drug-likeness (QED) is 0.560. The summed E-state index contributed by atoms with van der Waals surface area (Å²) >= 11 is 0. The summed E-state index contributed by atoms with van der Waals surface area (Å²) in [5.41, 5.74) is 0.277. The molecule has 122 valence electrons. The van der Waals surface area contributed by atoms with Crippen LogP contribution in [0.5, 0.6) is 0 Å². The molecule has 2 saturated heterocycles. The summed E-state index contributed by atoms with van der Waals surface area (Å²) in [5.74, 6) is -1.13. The van der Waals surface area contributed by atoms with Gasteiger partial charge in [-0.15, -0.1) is 0 Å². The number of hydrogen-bond acceptors (Lipinski definition) is 4. The number of aliphatic carboxylic acids is 1. The van der Waals surface area contributed by atoms with E-state index in [0.29, 0.717) is 12.8 Å². The van der Waals surface area contributed by atoms with Crippen LogP contribution in [0.4, 0.5) is 4.79 Å². The molecule has 0 bridgehead atoms. The van der Waals surface area contributed by atoms with Gasteiger partial charge in [-0.05, 0) is 26.2 Å². The second kappa shape index (κ2) is 6.48. The summed E-state index contributed by atoms with van der Waals surface area (Å²) < 4.78 is 0. The minimum Gasteiger partial charge on any atom is -0.481 e. The van der Waals surface area contributed by atoms with Gasteiger partial charge in [-0.3, -0.25) is 19.4 Å². The number of nitrogens with one attached hydrogen (secondary N) is 1. The van der Waals surface area contributed by atoms with Gasteiger partial charge in [0.2, 0.25) is 0 Å². The first-order valence-corrected chi connectivity index (χ1v) is 7.57. The van der Waals surface area contributed by atoms with Gasteiger partial charge in [-0.25, -0.2) is 4.79 Å². The number of carboxylic acids is 1. The third kappa shape index (κ3) is 3.47. The Labute approximate surface area is 129 Å². The zero-order valence-corrected chi connectivity index (χ0v) is 12.9. The first-order valence-electron chi connectivity index (χ1n) is 7.57. The number of carbonyl (C=O) groups is 3. The maximum absolute atomic E-state index is 12.6. The molecule has 0 aliphatic carbocycles. The average molecular weight is 309 g/mol. The highest BCUT2D eigenvalue weighted by atomic mass is 16.4. The Balaban J connectivity index is 1.93. The standard InChI is InChI=1S/C15H23N3O4/c1-11(2)10-17-8-5-15(6-9-17)13(21)18(14(22)16-15)7-3-4-12(19)20/h1,3-10H2,2H3,(H,16,22)(H,19,20). The minimum absolute atomic E-state index is 0.0452. The molecule has 1 spiro atoms. The van der Waals surface area contributed by atoms with Crippen molar-refractivity contribution in [2.24, 2.45) is 0 Å². The number of carboxylic acid groups (broad SMARTS) is 1. The Morgan fingerprint density at radius 2 is 2.00 bits per heavy atom. The molecule has 2 aliphatic rings. The van der Waals surface area contributed by atoms with E-state index in [4.69, 9.17) is 5.11 Å². The second-order valence-electron chi connectivity index (χ2n) is 6.20. The molecule has 22 heavy (non-hydrogen) atoms. The van der Waals surface area contributed by atoms with Crippen molar-refractivity contribution in [2.45, 2.75) is 38.1 Å². The average Bonchev–Trinajstić information content (AvgIpc) is 2.65. The fraction of sp³-hybridized carbons (Fsp3) is 0.667. The van der Waals surface area contributed by atoms with E-state index in [0.717, 1.165) is 30.1 Å². The zero-order chi connectivity index (χ0) is 16.3. The summed E-state index contributed by atoms with van der Waals surface area (Å²) in [5, 5.41) is 11.5. The lowest BCUT2D eigenvalue weighted by atomic mass is 9.87. The van der Waals surface area contributed by atoms with Crippen molar-refractivity contribution in [1.29, 1.82) is 0 Å². The van der Waals surface area contributed by atoms with E-state index in [1.165, 1.54) is 0 Å². The van der Waals surface area contributed by atoms with Crippen molar-refractivity contribution < 1.29 is 19.5 Å². The van der Waals surface area contributed by atoms with Crippen molar-refractivity contribution in [1.82, 2.24) is 15.1 Å². The third-order valence-corrected chi connectivity index (χ3v) is 4.22. The van der Waals surface area contributed by atoms with Crippen LogP contribution in [0.1, 0.15) is 32.6 Å². The van der Waals surface area contributed by atoms with E-state index in [9.17, 15) is 14.4 Å². The molecule has 3 amide bonds. The molecule has 7 heteroatoms. The summed E-state index contributed by atoms with van der Waals surface area (Å²) in [6, 6.07) is -0.399. The molecule has 2 rings (SSSR count). The Bertz CT molecular complexity index is 495. The molecule has 0 atom stereocenters. The SMILES string of the molecule is C=C(C)CN1CCC2(CC1)NC(=O)N(CCCC(=O)O)C2=O. The lowest BCUT2D eigenvalue weighted by Crippen LogP contribution is -2.55. The van der Waals surface area contributed by atoms with E-state index < -0.39 is 17.5 Å². The summed E-state index contributed by atoms with van der Waals surface area (Å²) in [6.07, 6.45) is 1.41. The van der Waals surface area contributed by atoms with Crippen LogP contribution in [-0.2, 0) is 9.59 Å². The maximum Gasteiger partial charge on any atom is 0.325 e. The number of imide groups is 1. The predicted octanol–water partition coefficient (Wildman–Crippen LogP) is 0.814. The van der Waals surface area contributed by atoms with Crippen LogP contribution in [-0.4, -0.2) is 64.5 Å². The normalized spacial score (nSPS) is 21.2. The Morgan fingerprint density at radius 1 is 1.36 bits per heavy atom. The second-order valence-corrected chi connectivity index (χ2v) is 6.20. The van der Waals surface area contributed by atoms with E-state index in [2.05, 4.69) is 16.8 Å². The number of piperidine rings is 1. The van der Waals surface area contributed by atoms with Gasteiger partial charge in [0.25, 0.3) is 5.91 Å². The van der Waals surface area contributed by atoms with Crippen molar-refractivity contribution >= 4 is 17.9 Å². The summed E-state index contributed by atoms with van der Waals surface area (Å²) in [6.45, 7) is 8.30. The molecule has 0 saturated carbocycles. The van der Waals surface area contributed by atoms with Crippen LogP contribution in [0, 0.1) is 0 Å². The van der Waals surface area contributed by atoms with Crippen molar-refractivity contribution in [3.8, 4) is 0 Å². The Morgan fingerprint density at radius 3 is 2.55 bits per heavy atom. The van der Waals surface area contributed by atoms with Crippen LogP contribution >= 0.6 is 0 Å². The van der Waals surface area contributed by atoms with Crippen LogP contribution in [0.2, 0.25) is 0 Å². The number of hydrogen-bond donors (Lipinski definition) is 2. The molecule has 2 aliphatic heterocycles. The van der Waals surface area contributed by atoms with Crippen LogP contribution in [0.3, 0.4) is 0 Å². The fourth-order valence-corrected chi connectivity index (χ4v) is 3.08. The topological polar surface area (TPSA) is 90.0 Å². The van der Waals surface area contributed by atoms with Gasteiger partial charge in [-0.2, -0.15) is 0 Å². The van der Waals surface area contributed by atoms with Gasteiger partial charge < -0.3 is 10.4 Å². The largest absolute Gasteiger partial charge is 0.481 e. The molecular formula is C15H23N3O4. The molecule has 0 aromatic rings. The first-order chi connectivity index (χ1) is 10.3. The number of urea groups is 1. The van der Waals surface area contributed by atoms with Crippen molar-refractivity contribution in [3.05, 3.63) is 12.2 Å². The lowest BCUT2D eigenvalue weighted by Gasteiger charge is -2.37. The number of likely N-dealkylation sites (tertiary alicyclic amines) is 1. The molecule has 7 nitrogen and oxygen atoms in total. The van der Waals surface area contributed by atoms with Gasteiger partial charge in [0.1, 0.15) is 5.54 Å². The summed E-state index contributed by atoms with van der Waals surface area (Å²) in [7, 11) is 0. The van der Waals surface area contributed by atoms with Gasteiger partial charge in [-0.1, -0.05) is 12.2 Å². The van der Waals surface area contributed by atoms with Gasteiger partial charge >= 0.3 is 12.0 Å². The number of rotatable bonds is 6.